The van der Waals surface area contributed by atoms with E-state index in [-0.39, 0.29) is 11.8 Å². The number of hydrogen-bond acceptors (Lipinski definition) is 4. The van der Waals surface area contributed by atoms with Gasteiger partial charge in [-0.3, -0.25) is 4.79 Å². The van der Waals surface area contributed by atoms with Gasteiger partial charge in [0.25, 0.3) is 0 Å². The molecule has 0 bridgehead atoms. The second-order valence-electron chi connectivity index (χ2n) is 6.26. The Morgan fingerprint density at radius 3 is 2.87 bits per heavy atom. The first-order valence-electron chi connectivity index (χ1n) is 7.58. The van der Waals surface area contributed by atoms with E-state index in [0.29, 0.717) is 17.2 Å². The van der Waals surface area contributed by atoms with Crippen LogP contribution in [0, 0.1) is 12.8 Å². The SMILES string of the molecule is [B]C1([B])c2cc(C)nn2-c2ccnc(NC(=O)C3CC3)c2N1C. The lowest BCUT2D eigenvalue weighted by Crippen LogP contribution is -2.50. The van der Waals surface area contributed by atoms with Gasteiger partial charge in [0.05, 0.1) is 32.8 Å². The molecule has 1 fully saturated rings. The summed E-state index contributed by atoms with van der Waals surface area (Å²) < 4.78 is 1.72. The van der Waals surface area contributed by atoms with Gasteiger partial charge in [-0.05, 0) is 31.9 Å². The molecule has 23 heavy (non-hydrogen) atoms. The molecule has 1 aliphatic heterocycles. The average Bonchev–Trinajstić information content (AvgIpc) is 3.27. The van der Waals surface area contributed by atoms with Gasteiger partial charge in [0.1, 0.15) is 5.69 Å². The van der Waals surface area contributed by atoms with Crippen LogP contribution in [0.15, 0.2) is 18.3 Å². The van der Waals surface area contributed by atoms with Crippen LogP contribution in [-0.2, 0) is 10.1 Å². The van der Waals surface area contributed by atoms with E-state index in [9.17, 15) is 4.79 Å². The van der Waals surface area contributed by atoms with Gasteiger partial charge >= 0.3 is 0 Å². The zero-order valence-electron chi connectivity index (χ0n) is 13.1. The van der Waals surface area contributed by atoms with E-state index in [1.807, 2.05) is 19.1 Å². The third-order valence-corrected chi connectivity index (χ3v) is 4.45. The molecule has 112 valence electrons. The summed E-state index contributed by atoms with van der Waals surface area (Å²) in [6.07, 6.45) is 3.50. The van der Waals surface area contributed by atoms with E-state index in [1.165, 1.54) is 0 Å². The minimum Gasteiger partial charge on any atom is -0.376 e. The molecule has 0 aromatic carbocycles. The lowest BCUT2D eigenvalue weighted by Gasteiger charge is -2.44. The Bertz CT molecular complexity index is 812. The molecule has 1 saturated carbocycles. The smallest absolute Gasteiger partial charge is 0.228 e. The van der Waals surface area contributed by atoms with Gasteiger partial charge in [0.2, 0.25) is 5.91 Å². The van der Waals surface area contributed by atoms with Crippen molar-refractivity contribution in [1.82, 2.24) is 14.8 Å². The van der Waals surface area contributed by atoms with Crippen LogP contribution in [0.25, 0.3) is 5.69 Å². The zero-order valence-corrected chi connectivity index (χ0v) is 13.1. The van der Waals surface area contributed by atoms with Gasteiger partial charge in [-0.15, -0.1) is 0 Å². The number of pyridine rings is 1. The average molecular weight is 303 g/mol. The van der Waals surface area contributed by atoms with Crippen molar-refractivity contribution < 1.29 is 4.79 Å². The first kappa shape index (κ1) is 14.4. The predicted molar refractivity (Wildman–Crippen MR) is 89.0 cm³/mol. The van der Waals surface area contributed by atoms with Crippen molar-refractivity contribution in [3.05, 3.63) is 29.7 Å². The molecule has 8 heteroatoms. The van der Waals surface area contributed by atoms with E-state index < -0.39 is 5.34 Å². The van der Waals surface area contributed by atoms with E-state index in [2.05, 4.69) is 15.4 Å². The second-order valence-corrected chi connectivity index (χ2v) is 6.26. The molecule has 6 nitrogen and oxygen atoms in total. The molecule has 4 rings (SSSR count). The lowest BCUT2D eigenvalue weighted by molar-refractivity contribution is -0.117. The highest BCUT2D eigenvalue weighted by atomic mass is 16.2. The molecule has 3 heterocycles. The quantitative estimate of drug-likeness (QED) is 0.834. The second kappa shape index (κ2) is 4.63. The fraction of sp³-hybridized carbons (Fsp3) is 0.400. The fourth-order valence-corrected chi connectivity index (χ4v) is 2.93. The fourth-order valence-electron chi connectivity index (χ4n) is 2.93. The maximum Gasteiger partial charge on any atom is 0.228 e. The van der Waals surface area contributed by atoms with Crippen molar-refractivity contribution in [3.63, 3.8) is 0 Å². The Kier molecular flexibility index (Phi) is 2.89. The Morgan fingerprint density at radius 2 is 2.17 bits per heavy atom. The van der Waals surface area contributed by atoms with E-state index in [1.54, 1.807) is 22.8 Å². The van der Waals surface area contributed by atoms with Crippen LogP contribution >= 0.6 is 0 Å². The Balaban J connectivity index is 1.88. The van der Waals surface area contributed by atoms with Gasteiger partial charge in [0, 0.05) is 24.5 Å². The highest BCUT2D eigenvalue weighted by Gasteiger charge is 2.38. The van der Waals surface area contributed by atoms with Crippen LogP contribution in [0.5, 0.6) is 0 Å². The standard InChI is InChI=1S/C15H15B2N5O/c1-8-7-11-15(16,17)21(2)12-10(22(11)20-8)5-6-18-13(12)19-14(23)9-3-4-9/h5-7,9H,3-4H2,1-2H3,(H,18,19,23). The number of rotatable bonds is 2. The normalized spacial score (nSPS) is 18.3. The summed E-state index contributed by atoms with van der Waals surface area (Å²) in [5.74, 6) is 0.534. The molecule has 2 aliphatic rings. The number of carbonyl (C=O) groups excluding carboxylic acids is 1. The molecule has 1 aliphatic carbocycles. The highest BCUT2D eigenvalue weighted by Crippen LogP contribution is 2.42. The van der Waals surface area contributed by atoms with Crippen molar-refractivity contribution in [2.24, 2.45) is 5.92 Å². The molecular formula is C15H15B2N5O. The van der Waals surface area contributed by atoms with Crippen LogP contribution < -0.4 is 10.2 Å². The molecule has 4 radical (unpaired) electrons. The van der Waals surface area contributed by atoms with Crippen molar-refractivity contribution in [2.75, 3.05) is 17.3 Å². The topological polar surface area (TPSA) is 63.1 Å². The number of aryl methyl sites for hydroxylation is 1. The molecule has 2 aromatic rings. The number of nitrogens with one attached hydrogen (secondary N) is 1. The summed E-state index contributed by atoms with van der Waals surface area (Å²) in [6, 6.07) is 3.70. The van der Waals surface area contributed by atoms with Crippen molar-refractivity contribution >= 4 is 33.1 Å². The van der Waals surface area contributed by atoms with E-state index in [4.69, 9.17) is 15.7 Å². The van der Waals surface area contributed by atoms with Crippen LogP contribution in [0.3, 0.4) is 0 Å². The van der Waals surface area contributed by atoms with Crippen molar-refractivity contribution in [2.45, 2.75) is 25.1 Å². The summed E-state index contributed by atoms with van der Waals surface area (Å²) in [7, 11) is 14.5. The van der Waals surface area contributed by atoms with Crippen LogP contribution in [-0.4, -0.2) is 43.4 Å². The van der Waals surface area contributed by atoms with Gasteiger partial charge in [-0.1, -0.05) is 0 Å². The maximum absolute atomic E-state index is 12.1. The minimum absolute atomic E-state index is 0.0126. The summed E-state index contributed by atoms with van der Waals surface area (Å²) in [6.45, 7) is 1.89. The third kappa shape index (κ3) is 2.08. The van der Waals surface area contributed by atoms with Crippen LogP contribution in [0.2, 0.25) is 0 Å². The molecular weight excluding hydrogens is 288 g/mol. The first-order chi connectivity index (χ1) is 10.9. The molecule has 0 atom stereocenters. The van der Waals surface area contributed by atoms with E-state index >= 15 is 0 Å². The third-order valence-electron chi connectivity index (χ3n) is 4.45. The maximum atomic E-state index is 12.1. The van der Waals surface area contributed by atoms with Gasteiger partial charge < -0.3 is 10.2 Å². The number of anilines is 2. The Morgan fingerprint density at radius 1 is 1.43 bits per heavy atom. The Labute approximate surface area is 137 Å². The van der Waals surface area contributed by atoms with E-state index in [0.717, 1.165) is 24.2 Å². The first-order valence-corrected chi connectivity index (χ1v) is 7.58. The van der Waals surface area contributed by atoms with Crippen molar-refractivity contribution in [3.8, 4) is 5.69 Å². The molecule has 0 spiro atoms. The number of aromatic nitrogens is 3. The summed E-state index contributed by atoms with van der Waals surface area (Å²) in [5.41, 5.74) is 2.97. The monoisotopic (exact) mass is 303 g/mol. The molecule has 0 saturated heterocycles. The number of amides is 1. The molecule has 2 aromatic heterocycles. The number of nitrogens with zero attached hydrogens (tertiary/aromatic N) is 4. The summed E-state index contributed by atoms with van der Waals surface area (Å²) in [5, 5.41) is 6.13. The van der Waals surface area contributed by atoms with Gasteiger partial charge in [-0.2, -0.15) is 5.10 Å². The van der Waals surface area contributed by atoms with Crippen LogP contribution in [0.4, 0.5) is 11.5 Å². The minimum atomic E-state index is -1.24. The summed E-state index contributed by atoms with van der Waals surface area (Å²) >= 11 is 0. The molecule has 1 amide bonds. The zero-order chi connectivity index (χ0) is 16.4. The largest absolute Gasteiger partial charge is 0.376 e. The van der Waals surface area contributed by atoms with Crippen molar-refractivity contribution in [1.29, 1.82) is 0 Å². The summed E-state index contributed by atoms with van der Waals surface area (Å²) in [4.78, 5) is 18.2. The number of carbonyl (C=O) groups is 1. The van der Waals surface area contributed by atoms with Gasteiger partial charge in [-0.25, -0.2) is 9.67 Å². The highest BCUT2D eigenvalue weighted by molar-refractivity contribution is 6.41. The molecule has 0 unspecified atom stereocenters. The molecule has 1 N–H and O–H groups in total. The number of hydrogen-bond donors (Lipinski definition) is 1. The van der Waals surface area contributed by atoms with Crippen LogP contribution in [0.1, 0.15) is 24.2 Å². The lowest BCUT2D eigenvalue weighted by atomic mass is 9.58. The number of fused-ring (bicyclic) bond motifs is 3. The Hall–Kier alpha value is -2.24. The van der Waals surface area contributed by atoms with Gasteiger partial charge in [0.15, 0.2) is 5.82 Å². The predicted octanol–water partition coefficient (Wildman–Crippen LogP) is 0.821.